The first kappa shape index (κ1) is 15.5. The van der Waals surface area contributed by atoms with Gasteiger partial charge in [-0.15, -0.1) is 0 Å². The number of esters is 1. The predicted molar refractivity (Wildman–Crippen MR) is 74.1 cm³/mol. The lowest BCUT2D eigenvalue weighted by molar-refractivity contribution is -0.132. The first-order chi connectivity index (χ1) is 9.08. The highest BCUT2D eigenvalue weighted by Crippen LogP contribution is 2.31. The molecule has 0 saturated carbocycles. The fraction of sp³-hybridized carbons (Fsp3) is 0.500. The normalized spacial score (nSPS) is 12.0. The van der Waals surface area contributed by atoms with E-state index in [4.69, 9.17) is 20.9 Å². The maximum absolute atomic E-state index is 11.0. The molecule has 0 spiro atoms. The van der Waals surface area contributed by atoms with E-state index >= 15 is 0 Å². The van der Waals surface area contributed by atoms with Gasteiger partial charge in [0.25, 0.3) is 0 Å². The number of rotatable bonds is 7. The number of hydrogen-bond acceptors (Lipinski definition) is 5. The minimum atomic E-state index is -0.377. The Hall–Kier alpha value is -1.59. The molecule has 5 heteroatoms. The number of carbonyl (C=O) groups is 1. The van der Waals surface area contributed by atoms with Crippen molar-refractivity contribution in [1.29, 1.82) is 0 Å². The molecule has 19 heavy (non-hydrogen) atoms. The van der Waals surface area contributed by atoms with E-state index in [-0.39, 0.29) is 12.0 Å². The summed E-state index contributed by atoms with van der Waals surface area (Å²) in [6.45, 7) is 2.04. The van der Waals surface area contributed by atoms with Crippen molar-refractivity contribution in [1.82, 2.24) is 0 Å². The maximum Gasteiger partial charge on any atom is 0.308 e. The smallest absolute Gasteiger partial charge is 0.308 e. The van der Waals surface area contributed by atoms with E-state index in [2.05, 4.69) is 0 Å². The standard InChI is InChI=1S/C14H22N2O3/c1-10(17)19-13-7-6-11(9-14(13)18-2)12(16)5-3-4-8-15/h6-7,9,12H,3-5,8,15-16H2,1-2H3/t12-/m1/s1. The van der Waals surface area contributed by atoms with E-state index in [1.165, 1.54) is 14.0 Å². The van der Waals surface area contributed by atoms with Crippen LogP contribution >= 0.6 is 0 Å². The average Bonchev–Trinajstić information content (AvgIpc) is 2.38. The Bertz CT molecular complexity index is 421. The van der Waals surface area contributed by atoms with Gasteiger partial charge >= 0.3 is 5.97 Å². The van der Waals surface area contributed by atoms with Gasteiger partial charge in [0, 0.05) is 13.0 Å². The highest BCUT2D eigenvalue weighted by Gasteiger charge is 2.12. The Labute approximate surface area is 113 Å². The van der Waals surface area contributed by atoms with Gasteiger partial charge < -0.3 is 20.9 Å². The van der Waals surface area contributed by atoms with Crippen molar-refractivity contribution in [3.05, 3.63) is 23.8 Å². The Morgan fingerprint density at radius 1 is 1.32 bits per heavy atom. The van der Waals surface area contributed by atoms with Gasteiger partial charge in [-0.05, 0) is 37.1 Å². The molecule has 1 aromatic rings. The minimum absolute atomic E-state index is 0.0631. The van der Waals surface area contributed by atoms with Crippen molar-refractivity contribution in [2.75, 3.05) is 13.7 Å². The maximum atomic E-state index is 11.0. The Kier molecular flexibility index (Phi) is 6.32. The lowest BCUT2D eigenvalue weighted by Crippen LogP contribution is -2.11. The van der Waals surface area contributed by atoms with Crippen molar-refractivity contribution in [3.63, 3.8) is 0 Å². The van der Waals surface area contributed by atoms with E-state index in [0.717, 1.165) is 24.8 Å². The zero-order valence-electron chi connectivity index (χ0n) is 11.5. The molecule has 0 radical (unpaired) electrons. The molecule has 0 aromatic heterocycles. The van der Waals surface area contributed by atoms with Crippen LogP contribution in [0.25, 0.3) is 0 Å². The highest BCUT2D eigenvalue weighted by atomic mass is 16.6. The third-order valence-corrected chi connectivity index (χ3v) is 2.84. The number of ether oxygens (including phenoxy) is 2. The molecule has 0 saturated heterocycles. The largest absolute Gasteiger partial charge is 0.493 e. The van der Waals surface area contributed by atoms with E-state index in [1.54, 1.807) is 6.07 Å². The number of methoxy groups -OCH3 is 1. The second kappa shape index (κ2) is 7.76. The fourth-order valence-electron chi connectivity index (χ4n) is 1.83. The quantitative estimate of drug-likeness (QED) is 0.446. The van der Waals surface area contributed by atoms with E-state index in [0.29, 0.717) is 18.0 Å². The highest BCUT2D eigenvalue weighted by molar-refractivity contribution is 5.70. The van der Waals surface area contributed by atoms with Crippen LogP contribution in [0.3, 0.4) is 0 Å². The molecule has 1 aromatic carbocycles. The van der Waals surface area contributed by atoms with Crippen molar-refractivity contribution < 1.29 is 14.3 Å². The second-order valence-corrected chi connectivity index (χ2v) is 4.39. The third-order valence-electron chi connectivity index (χ3n) is 2.84. The molecule has 0 unspecified atom stereocenters. The third kappa shape index (κ3) is 4.89. The Morgan fingerprint density at radius 2 is 2.05 bits per heavy atom. The molecule has 0 amide bonds. The molecule has 4 N–H and O–H groups in total. The fourth-order valence-corrected chi connectivity index (χ4v) is 1.83. The van der Waals surface area contributed by atoms with Gasteiger partial charge in [-0.1, -0.05) is 12.5 Å². The molecular weight excluding hydrogens is 244 g/mol. The van der Waals surface area contributed by atoms with Crippen molar-refractivity contribution in [3.8, 4) is 11.5 Å². The Balaban J connectivity index is 2.77. The number of hydrogen-bond donors (Lipinski definition) is 2. The van der Waals surface area contributed by atoms with Crippen LogP contribution < -0.4 is 20.9 Å². The van der Waals surface area contributed by atoms with Crippen LogP contribution in [-0.4, -0.2) is 19.6 Å². The molecule has 0 heterocycles. The summed E-state index contributed by atoms with van der Waals surface area (Å²) in [7, 11) is 1.53. The lowest BCUT2D eigenvalue weighted by Gasteiger charge is -2.15. The number of benzene rings is 1. The van der Waals surface area contributed by atoms with Crippen molar-refractivity contribution >= 4 is 5.97 Å². The molecule has 0 aliphatic carbocycles. The van der Waals surface area contributed by atoms with E-state index < -0.39 is 0 Å². The van der Waals surface area contributed by atoms with Crippen molar-refractivity contribution in [2.24, 2.45) is 11.5 Å². The molecule has 106 valence electrons. The monoisotopic (exact) mass is 266 g/mol. The van der Waals surface area contributed by atoms with Gasteiger partial charge in [0.1, 0.15) is 0 Å². The molecule has 1 rings (SSSR count). The van der Waals surface area contributed by atoms with Gasteiger partial charge in [-0.25, -0.2) is 0 Å². The Morgan fingerprint density at radius 3 is 2.63 bits per heavy atom. The number of carbonyl (C=O) groups excluding carboxylic acids is 1. The second-order valence-electron chi connectivity index (χ2n) is 4.39. The van der Waals surface area contributed by atoms with Crippen LogP contribution in [0.2, 0.25) is 0 Å². The topological polar surface area (TPSA) is 87.6 Å². The molecule has 0 fully saturated rings. The predicted octanol–water partition coefficient (Wildman–Crippen LogP) is 1.75. The van der Waals surface area contributed by atoms with Gasteiger partial charge in [-0.3, -0.25) is 4.79 Å². The number of nitrogens with two attached hydrogens (primary N) is 2. The lowest BCUT2D eigenvalue weighted by atomic mass is 10.0. The summed E-state index contributed by atoms with van der Waals surface area (Å²) in [5, 5.41) is 0. The van der Waals surface area contributed by atoms with Crippen LogP contribution in [0.4, 0.5) is 0 Å². The van der Waals surface area contributed by atoms with Gasteiger partial charge in [0.15, 0.2) is 11.5 Å². The zero-order chi connectivity index (χ0) is 14.3. The molecule has 0 aliphatic rings. The van der Waals surface area contributed by atoms with E-state index in [1.807, 2.05) is 12.1 Å². The van der Waals surface area contributed by atoms with Gasteiger partial charge in [-0.2, -0.15) is 0 Å². The molecular formula is C14H22N2O3. The zero-order valence-corrected chi connectivity index (χ0v) is 11.5. The van der Waals surface area contributed by atoms with Crippen LogP contribution in [0, 0.1) is 0 Å². The van der Waals surface area contributed by atoms with Crippen LogP contribution in [-0.2, 0) is 4.79 Å². The first-order valence-electron chi connectivity index (χ1n) is 6.40. The van der Waals surface area contributed by atoms with Crippen LogP contribution in [0.15, 0.2) is 18.2 Å². The van der Waals surface area contributed by atoms with E-state index in [9.17, 15) is 4.79 Å². The SMILES string of the molecule is COc1cc([C@H](N)CCCCN)ccc1OC(C)=O. The molecule has 5 nitrogen and oxygen atoms in total. The summed E-state index contributed by atoms with van der Waals surface area (Å²) in [5.74, 6) is 0.549. The van der Waals surface area contributed by atoms with Gasteiger partial charge in [0.2, 0.25) is 0 Å². The van der Waals surface area contributed by atoms with Gasteiger partial charge in [0.05, 0.1) is 7.11 Å². The summed E-state index contributed by atoms with van der Waals surface area (Å²) in [6, 6.07) is 5.31. The summed E-state index contributed by atoms with van der Waals surface area (Å²) in [5.41, 5.74) is 12.5. The van der Waals surface area contributed by atoms with Crippen LogP contribution in [0.1, 0.15) is 37.8 Å². The summed E-state index contributed by atoms with van der Waals surface area (Å²) in [4.78, 5) is 11.0. The van der Waals surface area contributed by atoms with Crippen molar-refractivity contribution in [2.45, 2.75) is 32.2 Å². The van der Waals surface area contributed by atoms with Crippen LogP contribution in [0.5, 0.6) is 11.5 Å². The first-order valence-corrected chi connectivity index (χ1v) is 6.40. The average molecular weight is 266 g/mol. The summed E-state index contributed by atoms with van der Waals surface area (Å²) < 4.78 is 10.3. The molecule has 1 atom stereocenters. The summed E-state index contributed by atoms with van der Waals surface area (Å²) >= 11 is 0. The molecule has 0 bridgehead atoms. The summed E-state index contributed by atoms with van der Waals surface area (Å²) in [6.07, 6.45) is 2.83. The number of unbranched alkanes of at least 4 members (excludes halogenated alkanes) is 1. The molecule has 0 aliphatic heterocycles. The minimum Gasteiger partial charge on any atom is -0.493 e.